The quantitative estimate of drug-likeness (QED) is 0.417. The van der Waals surface area contributed by atoms with E-state index in [1.807, 2.05) is 26.8 Å². The first kappa shape index (κ1) is 10.7. The molecule has 0 spiro atoms. The molecule has 0 aliphatic rings. The predicted octanol–water partition coefficient (Wildman–Crippen LogP) is 1.84. The van der Waals surface area contributed by atoms with Gasteiger partial charge in [0, 0.05) is 12.7 Å². The van der Waals surface area contributed by atoms with Crippen LogP contribution < -0.4 is 0 Å². The lowest BCUT2D eigenvalue weighted by Gasteiger charge is -2.06. The molecule has 0 aliphatic heterocycles. The van der Waals surface area contributed by atoms with Crippen molar-refractivity contribution < 1.29 is 9.59 Å². The Labute approximate surface area is 83.7 Å². The third kappa shape index (κ3) is 1.62. The van der Waals surface area contributed by atoms with Crippen LogP contribution >= 0.6 is 0 Å². The topological polar surface area (TPSA) is 39.1 Å². The van der Waals surface area contributed by atoms with Gasteiger partial charge in [0.05, 0.1) is 5.69 Å². The highest BCUT2D eigenvalue weighted by Gasteiger charge is 2.18. The summed E-state index contributed by atoms with van der Waals surface area (Å²) in [5.41, 5.74) is 2.47. The van der Waals surface area contributed by atoms with E-state index in [1.54, 1.807) is 11.6 Å². The summed E-state index contributed by atoms with van der Waals surface area (Å²) in [6.07, 6.45) is 0.376. The molecule has 14 heavy (non-hydrogen) atoms. The van der Waals surface area contributed by atoms with Gasteiger partial charge in [0.2, 0.25) is 5.78 Å². The lowest BCUT2D eigenvalue weighted by atomic mass is 10.0. The molecule has 1 aromatic heterocycles. The number of aryl methyl sites for hydroxylation is 1. The fourth-order valence-corrected chi connectivity index (χ4v) is 1.56. The molecule has 0 amide bonds. The van der Waals surface area contributed by atoms with E-state index < -0.39 is 5.78 Å². The molecule has 0 aliphatic carbocycles. The van der Waals surface area contributed by atoms with Crippen molar-refractivity contribution in [2.24, 2.45) is 7.05 Å². The Morgan fingerprint density at radius 3 is 2.50 bits per heavy atom. The first-order valence-electron chi connectivity index (χ1n) is 4.64. The molecule has 3 nitrogen and oxygen atoms in total. The number of hydrogen-bond acceptors (Lipinski definition) is 2. The van der Waals surface area contributed by atoms with Gasteiger partial charge in [0.1, 0.15) is 0 Å². The van der Waals surface area contributed by atoms with Crippen LogP contribution in [0.2, 0.25) is 0 Å². The van der Waals surface area contributed by atoms with Crippen LogP contribution in [0.1, 0.15) is 41.5 Å². The number of carbonyl (C=O) groups excluding carboxylic acids is 2. The molecular formula is C11H15NO2. The van der Waals surface area contributed by atoms with Gasteiger partial charge >= 0.3 is 0 Å². The number of carbonyl (C=O) groups is 2. The molecular weight excluding hydrogens is 178 g/mol. The minimum atomic E-state index is -0.440. The van der Waals surface area contributed by atoms with Crippen LogP contribution in [0.15, 0.2) is 6.07 Å². The second-order valence-electron chi connectivity index (χ2n) is 3.79. The summed E-state index contributed by atoms with van der Waals surface area (Å²) < 4.78 is 1.77. The zero-order valence-corrected chi connectivity index (χ0v) is 9.00. The monoisotopic (exact) mass is 193 g/mol. The molecule has 0 radical (unpaired) electrons. The molecule has 76 valence electrons. The van der Waals surface area contributed by atoms with E-state index in [4.69, 9.17) is 0 Å². The summed E-state index contributed by atoms with van der Waals surface area (Å²) in [5.74, 6) is -0.182. The first-order valence-corrected chi connectivity index (χ1v) is 4.64. The predicted molar refractivity (Wildman–Crippen MR) is 54.6 cm³/mol. The van der Waals surface area contributed by atoms with Gasteiger partial charge in [-0.3, -0.25) is 9.59 Å². The second-order valence-corrected chi connectivity index (χ2v) is 3.79. The maximum Gasteiger partial charge on any atom is 0.241 e. The second kappa shape index (κ2) is 3.78. The van der Waals surface area contributed by atoms with Crippen molar-refractivity contribution in [3.8, 4) is 0 Å². The molecule has 0 N–H and O–H groups in total. The summed E-state index contributed by atoms with van der Waals surface area (Å²) in [7, 11) is 1.80. The van der Waals surface area contributed by atoms with Crippen molar-refractivity contribution in [3.63, 3.8) is 0 Å². The van der Waals surface area contributed by atoms with Crippen LogP contribution in [0, 0.1) is 6.92 Å². The Hall–Kier alpha value is -1.38. The average molecular weight is 193 g/mol. The molecule has 0 unspecified atom stereocenters. The average Bonchev–Trinajstić information content (AvgIpc) is 2.43. The fourth-order valence-electron chi connectivity index (χ4n) is 1.56. The molecule has 0 aromatic carbocycles. The summed E-state index contributed by atoms with van der Waals surface area (Å²) in [6.45, 7) is 5.94. The van der Waals surface area contributed by atoms with Crippen molar-refractivity contribution in [2.75, 3.05) is 0 Å². The number of Topliss-reactive ketones (excluding diaryl/α,β-unsaturated/α-hetero) is 1. The minimum absolute atomic E-state index is 0.258. The van der Waals surface area contributed by atoms with Crippen molar-refractivity contribution in [1.29, 1.82) is 0 Å². The number of rotatable bonds is 3. The Balaban J connectivity index is 3.37. The van der Waals surface area contributed by atoms with E-state index in [9.17, 15) is 9.59 Å². The van der Waals surface area contributed by atoms with Gasteiger partial charge in [-0.2, -0.15) is 0 Å². The Kier molecular flexibility index (Phi) is 2.89. The Bertz CT molecular complexity index is 375. The summed E-state index contributed by atoms with van der Waals surface area (Å²) in [4.78, 5) is 21.9. The van der Waals surface area contributed by atoms with Crippen LogP contribution in [-0.2, 0) is 11.8 Å². The zero-order valence-electron chi connectivity index (χ0n) is 9.00. The van der Waals surface area contributed by atoms with E-state index in [0.717, 1.165) is 11.3 Å². The molecule has 0 fully saturated rings. The lowest BCUT2D eigenvalue weighted by Crippen LogP contribution is -2.10. The van der Waals surface area contributed by atoms with Gasteiger partial charge < -0.3 is 4.57 Å². The van der Waals surface area contributed by atoms with Crippen molar-refractivity contribution >= 4 is 12.1 Å². The van der Waals surface area contributed by atoms with Crippen molar-refractivity contribution in [3.05, 3.63) is 23.0 Å². The Morgan fingerprint density at radius 2 is 2.07 bits per heavy atom. The van der Waals surface area contributed by atoms with E-state index in [0.29, 0.717) is 12.0 Å². The summed E-state index contributed by atoms with van der Waals surface area (Å²) >= 11 is 0. The molecule has 1 heterocycles. The first-order chi connectivity index (χ1) is 6.49. The number of hydrogen-bond donors (Lipinski definition) is 0. The van der Waals surface area contributed by atoms with Gasteiger partial charge in [-0.1, -0.05) is 13.8 Å². The highest BCUT2D eigenvalue weighted by atomic mass is 16.2. The minimum Gasteiger partial charge on any atom is -0.345 e. The largest absolute Gasteiger partial charge is 0.345 e. The molecule has 1 aromatic rings. The SMILES string of the molecule is Cc1cc(C(C)C)c(C(=O)C=O)n1C. The number of aldehydes is 1. The van der Waals surface area contributed by atoms with Gasteiger partial charge in [-0.05, 0) is 24.5 Å². The third-order valence-electron chi connectivity index (χ3n) is 2.46. The molecule has 0 saturated carbocycles. The molecule has 0 bridgehead atoms. The van der Waals surface area contributed by atoms with Crippen LogP contribution in [0.25, 0.3) is 0 Å². The van der Waals surface area contributed by atoms with Crippen LogP contribution in [-0.4, -0.2) is 16.6 Å². The van der Waals surface area contributed by atoms with Gasteiger partial charge in [0.15, 0.2) is 6.29 Å². The smallest absolute Gasteiger partial charge is 0.241 e. The summed E-state index contributed by atoms with van der Waals surface area (Å²) in [5, 5.41) is 0. The van der Waals surface area contributed by atoms with Gasteiger partial charge in [0.25, 0.3) is 0 Å². The van der Waals surface area contributed by atoms with E-state index in [2.05, 4.69) is 0 Å². The van der Waals surface area contributed by atoms with Gasteiger partial charge in [-0.25, -0.2) is 0 Å². The molecule has 0 saturated heterocycles. The summed E-state index contributed by atoms with van der Waals surface area (Å²) in [6, 6.07) is 1.96. The zero-order chi connectivity index (χ0) is 10.9. The van der Waals surface area contributed by atoms with Gasteiger partial charge in [-0.15, -0.1) is 0 Å². The highest BCUT2D eigenvalue weighted by molar-refractivity contribution is 6.33. The van der Waals surface area contributed by atoms with Crippen LogP contribution in [0.5, 0.6) is 0 Å². The van der Waals surface area contributed by atoms with Crippen molar-refractivity contribution in [1.82, 2.24) is 4.57 Å². The number of aromatic nitrogens is 1. The maximum atomic E-state index is 11.4. The molecule has 0 atom stereocenters. The standard InChI is InChI=1S/C11H15NO2/c1-7(2)9-5-8(3)12(4)11(9)10(14)6-13/h5-7H,1-4H3. The number of nitrogens with zero attached hydrogens (tertiary/aromatic N) is 1. The van der Waals surface area contributed by atoms with Crippen molar-refractivity contribution in [2.45, 2.75) is 26.7 Å². The van der Waals surface area contributed by atoms with Crippen LogP contribution in [0.4, 0.5) is 0 Å². The molecule has 3 heteroatoms. The normalized spacial score (nSPS) is 10.6. The number of ketones is 1. The highest BCUT2D eigenvalue weighted by Crippen LogP contribution is 2.22. The third-order valence-corrected chi connectivity index (χ3v) is 2.46. The lowest BCUT2D eigenvalue weighted by molar-refractivity contribution is -0.104. The Morgan fingerprint density at radius 1 is 1.50 bits per heavy atom. The van der Waals surface area contributed by atoms with E-state index in [-0.39, 0.29) is 5.92 Å². The maximum absolute atomic E-state index is 11.4. The van der Waals surface area contributed by atoms with E-state index in [1.165, 1.54) is 0 Å². The fraction of sp³-hybridized carbons (Fsp3) is 0.455. The van der Waals surface area contributed by atoms with E-state index >= 15 is 0 Å². The van der Waals surface area contributed by atoms with Crippen LogP contribution in [0.3, 0.4) is 0 Å². The molecule has 1 rings (SSSR count).